The summed E-state index contributed by atoms with van der Waals surface area (Å²) in [5.74, 6) is 0. The molecule has 1 aromatic carbocycles. The van der Waals surface area contributed by atoms with Crippen LogP contribution < -0.4 is 10.6 Å². The maximum Gasteiger partial charge on any atom is 0.0470 e. The number of hydrogen-bond acceptors (Lipinski definition) is 3. The van der Waals surface area contributed by atoms with Crippen molar-refractivity contribution in [2.75, 3.05) is 38.6 Å². The molecule has 1 aromatic rings. The Kier molecular flexibility index (Phi) is 4.61. The lowest BCUT2D eigenvalue weighted by molar-refractivity contribution is 0.167. The van der Waals surface area contributed by atoms with E-state index in [1.807, 2.05) is 0 Å². The van der Waals surface area contributed by atoms with E-state index < -0.39 is 0 Å². The lowest BCUT2D eigenvalue weighted by Gasteiger charge is -2.34. The molecule has 100 valence electrons. The first-order chi connectivity index (χ1) is 8.72. The first kappa shape index (κ1) is 13.4. The zero-order valence-electron chi connectivity index (χ0n) is 11.6. The summed E-state index contributed by atoms with van der Waals surface area (Å²) in [5, 5.41) is 0. The molecule has 0 aliphatic carbocycles. The molecule has 2 N–H and O–H groups in total. The SMILES string of the molecule is CN(C)c1ccc(C(CN)N2CCCCC2)cc1. The lowest BCUT2D eigenvalue weighted by atomic mass is 10.0. The molecule has 0 radical (unpaired) electrons. The van der Waals surface area contributed by atoms with Gasteiger partial charge in [-0.1, -0.05) is 18.6 Å². The van der Waals surface area contributed by atoms with E-state index in [-0.39, 0.29) is 0 Å². The van der Waals surface area contributed by atoms with Gasteiger partial charge in [0.2, 0.25) is 0 Å². The van der Waals surface area contributed by atoms with Crippen LogP contribution in [0.25, 0.3) is 0 Å². The average Bonchev–Trinajstić information content (AvgIpc) is 2.41. The van der Waals surface area contributed by atoms with Crippen LogP contribution in [0.15, 0.2) is 24.3 Å². The molecule has 1 aliphatic heterocycles. The number of anilines is 1. The molecular weight excluding hydrogens is 222 g/mol. The quantitative estimate of drug-likeness (QED) is 0.885. The maximum atomic E-state index is 5.98. The number of likely N-dealkylation sites (tertiary alicyclic amines) is 1. The van der Waals surface area contributed by atoms with Crippen molar-refractivity contribution in [3.05, 3.63) is 29.8 Å². The van der Waals surface area contributed by atoms with Crippen molar-refractivity contribution in [3.8, 4) is 0 Å². The highest BCUT2D eigenvalue weighted by Crippen LogP contribution is 2.25. The van der Waals surface area contributed by atoms with E-state index in [4.69, 9.17) is 5.73 Å². The van der Waals surface area contributed by atoms with Gasteiger partial charge in [0.05, 0.1) is 0 Å². The van der Waals surface area contributed by atoms with E-state index in [1.54, 1.807) is 0 Å². The van der Waals surface area contributed by atoms with Crippen LogP contribution in [0.1, 0.15) is 30.9 Å². The predicted molar refractivity (Wildman–Crippen MR) is 78.0 cm³/mol. The van der Waals surface area contributed by atoms with E-state index in [0.29, 0.717) is 12.6 Å². The third kappa shape index (κ3) is 3.03. The molecule has 1 heterocycles. The zero-order valence-corrected chi connectivity index (χ0v) is 11.6. The van der Waals surface area contributed by atoms with Crippen molar-refractivity contribution in [2.45, 2.75) is 25.3 Å². The molecule has 3 nitrogen and oxygen atoms in total. The lowest BCUT2D eigenvalue weighted by Crippen LogP contribution is -2.37. The number of hydrogen-bond donors (Lipinski definition) is 1. The smallest absolute Gasteiger partial charge is 0.0470 e. The highest BCUT2D eigenvalue weighted by Gasteiger charge is 2.20. The minimum absolute atomic E-state index is 0.390. The van der Waals surface area contributed by atoms with Gasteiger partial charge in [-0.2, -0.15) is 0 Å². The molecule has 1 saturated heterocycles. The summed E-state index contributed by atoms with van der Waals surface area (Å²) >= 11 is 0. The number of nitrogens with two attached hydrogens (primary N) is 1. The third-order valence-electron chi connectivity index (χ3n) is 3.85. The second-order valence-electron chi connectivity index (χ2n) is 5.33. The van der Waals surface area contributed by atoms with Crippen LogP contribution >= 0.6 is 0 Å². The van der Waals surface area contributed by atoms with Crippen LogP contribution in [0.5, 0.6) is 0 Å². The summed E-state index contributed by atoms with van der Waals surface area (Å²) in [5.41, 5.74) is 8.58. The van der Waals surface area contributed by atoms with E-state index in [9.17, 15) is 0 Å². The summed E-state index contributed by atoms with van der Waals surface area (Å²) in [6, 6.07) is 9.20. The Bertz CT molecular complexity index is 353. The van der Waals surface area contributed by atoms with Crippen molar-refractivity contribution >= 4 is 5.69 Å². The van der Waals surface area contributed by atoms with Gasteiger partial charge in [0.1, 0.15) is 0 Å². The van der Waals surface area contributed by atoms with Crippen LogP contribution in [-0.4, -0.2) is 38.6 Å². The highest BCUT2D eigenvalue weighted by atomic mass is 15.2. The minimum atomic E-state index is 0.390. The molecule has 1 fully saturated rings. The number of piperidine rings is 1. The normalized spacial score (nSPS) is 18.6. The molecule has 0 aromatic heterocycles. The van der Waals surface area contributed by atoms with Gasteiger partial charge in [-0.15, -0.1) is 0 Å². The van der Waals surface area contributed by atoms with E-state index in [1.165, 1.54) is 43.6 Å². The first-order valence-corrected chi connectivity index (χ1v) is 6.94. The summed E-state index contributed by atoms with van der Waals surface area (Å²) < 4.78 is 0. The number of nitrogens with zero attached hydrogens (tertiary/aromatic N) is 2. The van der Waals surface area contributed by atoms with Gasteiger partial charge in [0, 0.05) is 32.4 Å². The van der Waals surface area contributed by atoms with Gasteiger partial charge in [0.25, 0.3) is 0 Å². The molecule has 0 saturated carbocycles. The third-order valence-corrected chi connectivity index (χ3v) is 3.85. The summed E-state index contributed by atoms with van der Waals surface area (Å²) in [6.45, 7) is 3.09. The molecule has 3 heteroatoms. The van der Waals surface area contributed by atoms with Gasteiger partial charge >= 0.3 is 0 Å². The van der Waals surface area contributed by atoms with Gasteiger partial charge in [-0.05, 0) is 43.6 Å². The Balaban J connectivity index is 2.11. The maximum absolute atomic E-state index is 5.98. The Morgan fingerprint density at radius 2 is 1.72 bits per heavy atom. The first-order valence-electron chi connectivity index (χ1n) is 6.94. The van der Waals surface area contributed by atoms with Crippen LogP contribution in [0.4, 0.5) is 5.69 Å². The molecule has 0 bridgehead atoms. The van der Waals surface area contributed by atoms with Crippen molar-refractivity contribution in [1.29, 1.82) is 0 Å². The fraction of sp³-hybridized carbons (Fsp3) is 0.600. The van der Waals surface area contributed by atoms with Crippen molar-refractivity contribution in [1.82, 2.24) is 4.90 Å². The van der Waals surface area contributed by atoms with Crippen LogP contribution in [-0.2, 0) is 0 Å². The van der Waals surface area contributed by atoms with Gasteiger partial charge < -0.3 is 10.6 Å². The van der Waals surface area contributed by atoms with Gasteiger partial charge in [0.15, 0.2) is 0 Å². The molecular formula is C15H25N3. The van der Waals surface area contributed by atoms with Crippen molar-refractivity contribution < 1.29 is 0 Å². The molecule has 1 unspecified atom stereocenters. The Hall–Kier alpha value is -1.06. The van der Waals surface area contributed by atoms with E-state index in [0.717, 1.165) is 0 Å². The monoisotopic (exact) mass is 247 g/mol. The van der Waals surface area contributed by atoms with Crippen molar-refractivity contribution in [3.63, 3.8) is 0 Å². The summed E-state index contributed by atoms with van der Waals surface area (Å²) in [4.78, 5) is 4.66. The topological polar surface area (TPSA) is 32.5 Å². The standard InChI is InChI=1S/C15H25N3/c1-17(2)14-8-6-13(7-9-14)15(12-16)18-10-4-3-5-11-18/h6-9,15H,3-5,10-12,16H2,1-2H3. The second-order valence-corrected chi connectivity index (χ2v) is 5.33. The highest BCUT2D eigenvalue weighted by molar-refractivity contribution is 5.46. The number of rotatable bonds is 4. The molecule has 18 heavy (non-hydrogen) atoms. The van der Waals surface area contributed by atoms with Gasteiger partial charge in [-0.3, -0.25) is 4.90 Å². The van der Waals surface area contributed by atoms with Crippen LogP contribution in [0.2, 0.25) is 0 Å². The van der Waals surface area contributed by atoms with Gasteiger partial charge in [-0.25, -0.2) is 0 Å². The zero-order chi connectivity index (χ0) is 13.0. The molecule has 0 amide bonds. The number of benzene rings is 1. The molecule has 2 rings (SSSR count). The minimum Gasteiger partial charge on any atom is -0.378 e. The van der Waals surface area contributed by atoms with E-state index in [2.05, 4.69) is 48.2 Å². The average molecular weight is 247 g/mol. The summed E-state index contributed by atoms with van der Waals surface area (Å²) in [7, 11) is 4.14. The van der Waals surface area contributed by atoms with Crippen molar-refractivity contribution in [2.24, 2.45) is 5.73 Å². The largest absolute Gasteiger partial charge is 0.378 e. The fourth-order valence-electron chi connectivity index (χ4n) is 2.72. The Labute approximate surface area is 111 Å². The Morgan fingerprint density at radius 3 is 2.22 bits per heavy atom. The molecule has 0 spiro atoms. The van der Waals surface area contributed by atoms with Crippen LogP contribution in [0, 0.1) is 0 Å². The molecule has 1 aliphatic rings. The fourth-order valence-corrected chi connectivity index (χ4v) is 2.72. The second kappa shape index (κ2) is 6.21. The molecule has 1 atom stereocenters. The predicted octanol–water partition coefficient (Wildman–Crippen LogP) is 2.24. The van der Waals surface area contributed by atoms with E-state index >= 15 is 0 Å². The summed E-state index contributed by atoms with van der Waals surface area (Å²) in [6.07, 6.45) is 3.99. The van der Waals surface area contributed by atoms with Crippen LogP contribution in [0.3, 0.4) is 0 Å². The Morgan fingerprint density at radius 1 is 1.11 bits per heavy atom.